The molecule has 0 saturated heterocycles. The van der Waals surface area contributed by atoms with Gasteiger partial charge in [-0.15, -0.1) is 12.3 Å². The van der Waals surface area contributed by atoms with Gasteiger partial charge in [0, 0.05) is 12.0 Å². The molecular formula is C28H34F2O2. The summed E-state index contributed by atoms with van der Waals surface area (Å²) in [7, 11) is 0. The number of terminal acetylenes is 1. The molecule has 4 aliphatic rings. The Morgan fingerprint density at radius 3 is 2.41 bits per heavy atom. The molecule has 0 radical (unpaired) electrons. The number of fused-ring (bicyclic) bond motifs is 5. The Balaban J connectivity index is 0.000000775. The standard InChI is InChI=1S/C25H30F2O2.C3H4/c1-13-21(26)10-15(11-22(13)27)19-12-25(2)20(7-8-23(25)29)18-5-3-14-9-16(28)4-6-17(14)24(18)19;1-3-2/h9-11,17-20,23-24,29H,3-8,12H2,1-2H3;1H,2H3. The monoisotopic (exact) mass is 440 g/mol. The van der Waals surface area contributed by atoms with E-state index in [9.17, 15) is 18.7 Å². The van der Waals surface area contributed by atoms with E-state index in [4.69, 9.17) is 0 Å². The molecule has 4 heteroatoms. The van der Waals surface area contributed by atoms with Crippen LogP contribution in [-0.2, 0) is 4.79 Å². The fourth-order valence-corrected chi connectivity index (χ4v) is 7.50. The Bertz CT molecular complexity index is 951. The van der Waals surface area contributed by atoms with Gasteiger partial charge in [0.05, 0.1) is 6.10 Å². The van der Waals surface area contributed by atoms with E-state index in [1.807, 2.05) is 6.08 Å². The zero-order chi connectivity index (χ0) is 23.2. The van der Waals surface area contributed by atoms with E-state index >= 15 is 0 Å². The smallest absolute Gasteiger partial charge is 0.155 e. The van der Waals surface area contributed by atoms with Gasteiger partial charge >= 0.3 is 0 Å². The van der Waals surface area contributed by atoms with Crippen LogP contribution in [0.5, 0.6) is 0 Å². The molecule has 2 nitrogen and oxygen atoms in total. The van der Waals surface area contributed by atoms with Gasteiger partial charge in [0.2, 0.25) is 0 Å². The molecule has 1 N–H and O–H groups in total. The molecule has 0 amide bonds. The maximum absolute atomic E-state index is 14.5. The van der Waals surface area contributed by atoms with Gasteiger partial charge in [0.1, 0.15) is 11.6 Å². The van der Waals surface area contributed by atoms with E-state index in [0.29, 0.717) is 30.1 Å². The third-order valence-corrected chi connectivity index (χ3v) is 8.98. The second-order valence-corrected chi connectivity index (χ2v) is 10.5. The zero-order valence-corrected chi connectivity index (χ0v) is 19.3. The molecule has 0 aromatic heterocycles. The van der Waals surface area contributed by atoms with Crippen molar-refractivity contribution in [3.63, 3.8) is 0 Å². The van der Waals surface area contributed by atoms with E-state index in [1.165, 1.54) is 24.6 Å². The van der Waals surface area contributed by atoms with Crippen molar-refractivity contribution >= 4 is 5.78 Å². The first-order valence-electron chi connectivity index (χ1n) is 12.0. The van der Waals surface area contributed by atoms with Crippen LogP contribution in [0.15, 0.2) is 23.8 Å². The number of rotatable bonds is 1. The van der Waals surface area contributed by atoms with Crippen molar-refractivity contribution in [1.82, 2.24) is 0 Å². The first-order chi connectivity index (χ1) is 15.2. The van der Waals surface area contributed by atoms with Crippen LogP contribution in [0.25, 0.3) is 0 Å². The number of aliphatic hydroxyl groups excluding tert-OH is 1. The molecule has 1 aromatic rings. The van der Waals surface area contributed by atoms with E-state index in [0.717, 1.165) is 44.1 Å². The van der Waals surface area contributed by atoms with E-state index in [1.54, 1.807) is 6.92 Å². The minimum absolute atomic E-state index is 0.0144. The third kappa shape index (κ3) is 3.73. The highest BCUT2D eigenvalue weighted by atomic mass is 19.1. The Morgan fingerprint density at radius 1 is 1.09 bits per heavy atom. The lowest BCUT2D eigenvalue weighted by atomic mass is 9.48. The third-order valence-electron chi connectivity index (χ3n) is 8.98. The SMILES string of the molecule is C#CC.Cc1c(F)cc(C2CC3(C)C(O)CCC3C3CCC4=CC(=O)CCC4C23)cc1F. The van der Waals surface area contributed by atoms with Gasteiger partial charge in [-0.05, 0) is 111 Å². The molecule has 172 valence electrons. The summed E-state index contributed by atoms with van der Waals surface area (Å²) in [5.41, 5.74) is 1.86. The summed E-state index contributed by atoms with van der Waals surface area (Å²) in [6.45, 7) is 5.32. The Hall–Kier alpha value is -1.99. The summed E-state index contributed by atoms with van der Waals surface area (Å²) < 4.78 is 29.0. The summed E-state index contributed by atoms with van der Waals surface area (Å²) in [5, 5.41) is 10.9. The van der Waals surface area contributed by atoms with Gasteiger partial charge in [-0.3, -0.25) is 4.79 Å². The van der Waals surface area contributed by atoms with Crippen LogP contribution in [-0.4, -0.2) is 17.0 Å². The Labute approximate surface area is 190 Å². The maximum atomic E-state index is 14.5. The van der Waals surface area contributed by atoms with Crippen molar-refractivity contribution in [3.8, 4) is 12.3 Å². The largest absolute Gasteiger partial charge is 0.393 e. The first kappa shape index (κ1) is 23.2. The predicted molar refractivity (Wildman–Crippen MR) is 122 cm³/mol. The van der Waals surface area contributed by atoms with Gasteiger partial charge in [-0.1, -0.05) is 12.5 Å². The highest BCUT2D eigenvalue weighted by Gasteiger charge is 2.59. The van der Waals surface area contributed by atoms with Gasteiger partial charge in [0.15, 0.2) is 5.78 Å². The normalized spacial score (nSPS) is 37.8. The summed E-state index contributed by atoms with van der Waals surface area (Å²) in [5.74, 6) is 3.04. The van der Waals surface area contributed by atoms with Crippen LogP contribution in [0.1, 0.15) is 75.8 Å². The molecular weight excluding hydrogens is 406 g/mol. The average Bonchev–Trinajstić information content (AvgIpc) is 3.05. The predicted octanol–water partition coefficient (Wildman–Crippen LogP) is 6.11. The van der Waals surface area contributed by atoms with Crippen LogP contribution < -0.4 is 0 Å². The zero-order valence-electron chi connectivity index (χ0n) is 19.3. The van der Waals surface area contributed by atoms with E-state index < -0.39 is 11.6 Å². The summed E-state index contributed by atoms with van der Waals surface area (Å²) >= 11 is 0. The lowest BCUT2D eigenvalue weighted by Crippen LogP contribution is -2.51. The van der Waals surface area contributed by atoms with Gasteiger partial charge in [0.25, 0.3) is 0 Å². The molecule has 7 unspecified atom stereocenters. The number of carbonyl (C=O) groups is 1. The number of aliphatic hydroxyl groups is 1. The van der Waals surface area contributed by atoms with Crippen LogP contribution in [0.4, 0.5) is 8.78 Å². The van der Waals surface area contributed by atoms with Crippen molar-refractivity contribution in [2.45, 2.75) is 77.7 Å². The van der Waals surface area contributed by atoms with Gasteiger partial charge < -0.3 is 5.11 Å². The second-order valence-electron chi connectivity index (χ2n) is 10.5. The van der Waals surface area contributed by atoms with Gasteiger partial charge in [-0.2, -0.15) is 0 Å². The fraction of sp³-hybridized carbons (Fsp3) is 0.607. The maximum Gasteiger partial charge on any atom is 0.155 e. The number of hydrogen-bond donors (Lipinski definition) is 1. The first-order valence-corrected chi connectivity index (χ1v) is 12.0. The van der Waals surface area contributed by atoms with E-state index in [2.05, 4.69) is 19.3 Å². The number of carbonyl (C=O) groups excluding carboxylic acids is 1. The fourth-order valence-electron chi connectivity index (χ4n) is 7.50. The Morgan fingerprint density at radius 2 is 1.75 bits per heavy atom. The van der Waals surface area contributed by atoms with Crippen LogP contribution in [0, 0.1) is 60.0 Å². The van der Waals surface area contributed by atoms with Crippen LogP contribution in [0.2, 0.25) is 0 Å². The number of hydrogen-bond acceptors (Lipinski definition) is 2. The van der Waals surface area contributed by atoms with Crippen molar-refractivity contribution in [2.24, 2.45) is 29.1 Å². The van der Waals surface area contributed by atoms with Crippen LogP contribution >= 0.6 is 0 Å². The molecule has 3 fully saturated rings. The van der Waals surface area contributed by atoms with Crippen LogP contribution in [0.3, 0.4) is 0 Å². The molecule has 7 atom stereocenters. The number of allylic oxidation sites excluding steroid dienone is 1. The minimum atomic E-state index is -0.485. The minimum Gasteiger partial charge on any atom is -0.393 e. The molecule has 0 spiro atoms. The highest BCUT2D eigenvalue weighted by Crippen LogP contribution is 2.65. The molecule has 0 aliphatic heterocycles. The van der Waals surface area contributed by atoms with Gasteiger partial charge in [-0.25, -0.2) is 8.78 Å². The Kier molecular flexibility index (Phi) is 6.34. The summed E-state index contributed by atoms with van der Waals surface area (Å²) in [6.07, 6.45) is 12.1. The molecule has 5 rings (SSSR count). The molecule has 0 heterocycles. The van der Waals surface area contributed by atoms with Crippen molar-refractivity contribution in [3.05, 3.63) is 46.5 Å². The van der Waals surface area contributed by atoms with E-state index in [-0.39, 0.29) is 28.8 Å². The van der Waals surface area contributed by atoms with Crippen molar-refractivity contribution in [2.75, 3.05) is 0 Å². The van der Waals surface area contributed by atoms with Crippen molar-refractivity contribution < 1.29 is 18.7 Å². The highest BCUT2D eigenvalue weighted by molar-refractivity contribution is 5.91. The number of ketones is 1. The summed E-state index contributed by atoms with van der Waals surface area (Å²) in [4.78, 5) is 12.0. The van der Waals surface area contributed by atoms with Crippen molar-refractivity contribution in [1.29, 1.82) is 0 Å². The summed E-state index contributed by atoms with van der Waals surface area (Å²) in [6, 6.07) is 3.05. The number of benzene rings is 1. The molecule has 4 aliphatic carbocycles. The molecule has 3 saturated carbocycles. The average molecular weight is 441 g/mol. The quantitative estimate of drug-likeness (QED) is 0.535. The topological polar surface area (TPSA) is 37.3 Å². The molecule has 0 bridgehead atoms. The molecule has 1 aromatic carbocycles. The lowest BCUT2D eigenvalue weighted by Gasteiger charge is -2.57. The second kappa shape index (κ2) is 8.75. The lowest BCUT2D eigenvalue weighted by molar-refractivity contribution is -0.116. The number of halogens is 2. The molecule has 32 heavy (non-hydrogen) atoms.